The highest BCUT2D eigenvalue weighted by molar-refractivity contribution is 5.71. The largest absolute Gasteiger partial charge is 0.469 e. The molecule has 0 aromatic carbocycles. The zero-order valence-electron chi connectivity index (χ0n) is 10.1. The number of carbonyl (C=O) groups is 1. The Morgan fingerprint density at radius 3 is 3.06 bits per heavy atom. The number of carbonyl (C=O) groups excluding carboxylic acids is 1. The lowest BCUT2D eigenvalue weighted by molar-refractivity contribution is -0.140. The lowest BCUT2D eigenvalue weighted by Crippen LogP contribution is -2.20. The first-order valence-electron chi connectivity index (χ1n) is 5.63. The molecule has 1 aromatic rings. The number of hydrogen-bond donors (Lipinski definition) is 0. The van der Waals surface area contributed by atoms with Crippen LogP contribution in [0.1, 0.15) is 18.0 Å². The Morgan fingerprint density at radius 1 is 1.56 bits per heavy atom. The number of methoxy groups -OCH3 is 1. The maximum absolute atomic E-state index is 11.0. The highest BCUT2D eigenvalue weighted by Crippen LogP contribution is 2.16. The van der Waals surface area contributed by atoms with Gasteiger partial charge in [0.05, 0.1) is 31.7 Å². The molecule has 1 aliphatic heterocycles. The second kappa shape index (κ2) is 5.90. The van der Waals surface area contributed by atoms with Crippen LogP contribution in [0.4, 0.5) is 0 Å². The maximum Gasteiger partial charge on any atom is 0.307 e. The van der Waals surface area contributed by atoms with Crippen LogP contribution in [0.3, 0.4) is 0 Å². The third kappa shape index (κ3) is 3.13. The molecule has 1 unspecified atom stereocenters. The zero-order chi connectivity index (χ0) is 12.8. The van der Waals surface area contributed by atoms with E-state index in [4.69, 9.17) is 0 Å². The Hall–Kier alpha value is -2.24. The number of aromatic nitrogens is 2. The Kier molecular flexibility index (Phi) is 4.01. The third-order valence-corrected chi connectivity index (χ3v) is 2.55. The summed E-state index contributed by atoms with van der Waals surface area (Å²) >= 11 is 0. The second-order valence-electron chi connectivity index (χ2n) is 3.77. The van der Waals surface area contributed by atoms with Crippen molar-refractivity contribution in [3.8, 4) is 0 Å². The summed E-state index contributed by atoms with van der Waals surface area (Å²) in [6.45, 7) is 0.507. The van der Waals surface area contributed by atoms with Gasteiger partial charge in [0, 0.05) is 18.6 Å². The van der Waals surface area contributed by atoms with Crippen molar-refractivity contribution in [2.75, 3.05) is 13.7 Å². The van der Waals surface area contributed by atoms with Crippen molar-refractivity contribution in [3.05, 3.63) is 36.3 Å². The molecule has 0 spiro atoms. The van der Waals surface area contributed by atoms with Crippen LogP contribution >= 0.6 is 0 Å². The number of ether oxygens (including phenoxy) is 1. The fraction of sp³-hybridized carbons (Fsp3) is 0.333. The van der Waals surface area contributed by atoms with Gasteiger partial charge < -0.3 is 4.74 Å². The molecule has 0 bridgehead atoms. The van der Waals surface area contributed by atoms with E-state index in [-0.39, 0.29) is 11.9 Å². The molecule has 0 N–H and O–H groups in total. The van der Waals surface area contributed by atoms with E-state index in [0.717, 1.165) is 5.69 Å². The molecule has 1 atom stereocenters. The van der Waals surface area contributed by atoms with Gasteiger partial charge in [-0.3, -0.25) is 9.80 Å². The molecule has 6 heteroatoms. The third-order valence-electron chi connectivity index (χ3n) is 2.55. The molecule has 0 saturated carbocycles. The normalized spacial score (nSPS) is 17.8. The standard InChI is InChI=1S/C12H14N4O2/c1-18-12(17)5-8-16-7-4-10(9-14-16)11-3-2-6-13-15-11/h2-4,6-7,9-10H,5,8H2,1H3. The number of esters is 1. The van der Waals surface area contributed by atoms with Gasteiger partial charge in [0.2, 0.25) is 0 Å². The van der Waals surface area contributed by atoms with Crippen molar-refractivity contribution in [1.82, 2.24) is 15.2 Å². The van der Waals surface area contributed by atoms with Gasteiger partial charge >= 0.3 is 5.97 Å². The van der Waals surface area contributed by atoms with E-state index in [1.54, 1.807) is 17.4 Å². The fourth-order valence-corrected chi connectivity index (χ4v) is 1.54. The molecule has 0 aliphatic carbocycles. The lowest BCUT2D eigenvalue weighted by atomic mass is 10.1. The highest BCUT2D eigenvalue weighted by atomic mass is 16.5. The van der Waals surface area contributed by atoms with Crippen LogP contribution in [-0.4, -0.2) is 41.0 Å². The van der Waals surface area contributed by atoms with Crippen LogP contribution in [0.25, 0.3) is 0 Å². The summed E-state index contributed by atoms with van der Waals surface area (Å²) in [6, 6.07) is 3.74. The van der Waals surface area contributed by atoms with Gasteiger partial charge in [-0.15, -0.1) is 0 Å². The van der Waals surface area contributed by atoms with Crippen molar-refractivity contribution >= 4 is 12.2 Å². The van der Waals surface area contributed by atoms with Crippen LogP contribution in [0, 0.1) is 0 Å². The Morgan fingerprint density at radius 2 is 2.44 bits per heavy atom. The Bertz CT molecular complexity index is 444. The number of allylic oxidation sites excluding steroid dienone is 1. The van der Waals surface area contributed by atoms with Crippen LogP contribution < -0.4 is 0 Å². The molecule has 18 heavy (non-hydrogen) atoms. The van der Waals surface area contributed by atoms with Gasteiger partial charge in [-0.1, -0.05) is 6.08 Å². The van der Waals surface area contributed by atoms with Crippen LogP contribution in [0.15, 0.2) is 35.7 Å². The Balaban J connectivity index is 1.89. The van der Waals surface area contributed by atoms with Gasteiger partial charge in [-0.25, -0.2) is 0 Å². The number of nitrogens with zero attached hydrogens (tertiary/aromatic N) is 4. The van der Waals surface area contributed by atoms with Gasteiger partial charge in [-0.05, 0) is 12.1 Å². The average molecular weight is 246 g/mol. The Labute approximate surface area is 105 Å². The first-order chi connectivity index (χ1) is 8.79. The van der Waals surface area contributed by atoms with Gasteiger partial charge in [0.15, 0.2) is 0 Å². The first kappa shape index (κ1) is 12.2. The number of hydrogen-bond acceptors (Lipinski definition) is 6. The lowest BCUT2D eigenvalue weighted by Gasteiger charge is -2.19. The van der Waals surface area contributed by atoms with Gasteiger partial charge in [0.25, 0.3) is 0 Å². The summed E-state index contributed by atoms with van der Waals surface area (Å²) in [5.41, 5.74) is 0.852. The number of hydrazone groups is 1. The van der Waals surface area contributed by atoms with E-state index >= 15 is 0 Å². The molecular formula is C12H14N4O2. The van der Waals surface area contributed by atoms with Crippen molar-refractivity contribution in [2.24, 2.45) is 5.10 Å². The summed E-state index contributed by atoms with van der Waals surface area (Å²) < 4.78 is 4.57. The fourth-order valence-electron chi connectivity index (χ4n) is 1.54. The predicted octanol–water partition coefficient (Wildman–Crippen LogP) is 0.938. The SMILES string of the molecule is COC(=O)CCN1C=CC(c2cccnn2)C=N1. The smallest absolute Gasteiger partial charge is 0.307 e. The summed E-state index contributed by atoms with van der Waals surface area (Å²) in [5.74, 6) is -0.206. The monoisotopic (exact) mass is 246 g/mol. The first-order valence-corrected chi connectivity index (χ1v) is 5.63. The van der Waals surface area contributed by atoms with E-state index < -0.39 is 0 Å². The molecule has 0 fully saturated rings. The molecule has 1 aliphatic rings. The molecule has 2 rings (SSSR count). The van der Waals surface area contributed by atoms with Crippen LogP contribution in [0.5, 0.6) is 0 Å². The quantitative estimate of drug-likeness (QED) is 0.739. The van der Waals surface area contributed by atoms with E-state index in [0.29, 0.717) is 13.0 Å². The number of rotatable bonds is 4. The van der Waals surface area contributed by atoms with Crippen molar-refractivity contribution in [3.63, 3.8) is 0 Å². The molecule has 6 nitrogen and oxygen atoms in total. The minimum atomic E-state index is -0.241. The van der Waals surface area contributed by atoms with E-state index in [1.807, 2.05) is 24.4 Å². The van der Waals surface area contributed by atoms with E-state index in [2.05, 4.69) is 20.0 Å². The predicted molar refractivity (Wildman–Crippen MR) is 65.7 cm³/mol. The molecule has 2 heterocycles. The summed E-state index contributed by atoms with van der Waals surface area (Å²) in [5, 5.41) is 13.8. The minimum absolute atomic E-state index is 0.0353. The average Bonchev–Trinajstić information content (AvgIpc) is 2.46. The van der Waals surface area contributed by atoms with Gasteiger partial charge in [0.1, 0.15) is 0 Å². The van der Waals surface area contributed by atoms with Crippen molar-refractivity contribution < 1.29 is 9.53 Å². The van der Waals surface area contributed by atoms with E-state index in [9.17, 15) is 4.79 Å². The highest BCUT2D eigenvalue weighted by Gasteiger charge is 2.12. The van der Waals surface area contributed by atoms with E-state index in [1.165, 1.54) is 7.11 Å². The summed E-state index contributed by atoms with van der Waals surface area (Å²) in [6.07, 6.45) is 7.53. The molecule has 1 aromatic heterocycles. The summed E-state index contributed by atoms with van der Waals surface area (Å²) in [4.78, 5) is 11.0. The van der Waals surface area contributed by atoms with Crippen LogP contribution in [0.2, 0.25) is 0 Å². The van der Waals surface area contributed by atoms with Gasteiger partial charge in [-0.2, -0.15) is 15.3 Å². The minimum Gasteiger partial charge on any atom is -0.469 e. The van der Waals surface area contributed by atoms with Crippen molar-refractivity contribution in [2.45, 2.75) is 12.3 Å². The molecule has 0 radical (unpaired) electrons. The summed E-state index contributed by atoms with van der Waals surface area (Å²) in [7, 11) is 1.38. The second-order valence-corrected chi connectivity index (χ2v) is 3.77. The van der Waals surface area contributed by atoms with Crippen molar-refractivity contribution in [1.29, 1.82) is 0 Å². The molecule has 0 amide bonds. The van der Waals surface area contributed by atoms with Crippen LogP contribution in [-0.2, 0) is 9.53 Å². The molecule has 0 saturated heterocycles. The topological polar surface area (TPSA) is 67.7 Å². The molecule has 94 valence electrons. The maximum atomic E-state index is 11.0. The zero-order valence-corrected chi connectivity index (χ0v) is 10.1. The molecular weight excluding hydrogens is 232 g/mol.